The van der Waals surface area contributed by atoms with E-state index in [1.807, 2.05) is 24.3 Å². The number of amides is 1. The lowest BCUT2D eigenvalue weighted by Crippen LogP contribution is -2.47. The van der Waals surface area contributed by atoms with E-state index < -0.39 is 5.41 Å². The molecule has 3 nitrogen and oxygen atoms in total. The van der Waals surface area contributed by atoms with Gasteiger partial charge in [-0.1, -0.05) is 49.9 Å². The highest BCUT2D eigenvalue weighted by Gasteiger charge is 2.40. The van der Waals surface area contributed by atoms with Gasteiger partial charge in [-0.3, -0.25) is 4.79 Å². The van der Waals surface area contributed by atoms with Crippen molar-refractivity contribution in [2.75, 3.05) is 13.1 Å². The van der Waals surface area contributed by atoms with Gasteiger partial charge in [0.1, 0.15) is 0 Å². The van der Waals surface area contributed by atoms with Crippen molar-refractivity contribution in [3.8, 4) is 0 Å². The Morgan fingerprint density at radius 1 is 1.27 bits per heavy atom. The van der Waals surface area contributed by atoms with Crippen LogP contribution in [-0.4, -0.2) is 19.0 Å². The third-order valence-electron chi connectivity index (χ3n) is 4.55. The maximum atomic E-state index is 12.8. The van der Waals surface area contributed by atoms with E-state index in [1.54, 1.807) is 0 Å². The second-order valence-corrected chi connectivity index (χ2v) is 6.64. The Kier molecular flexibility index (Phi) is 7.67. The number of nitrogens with two attached hydrogens (primary N) is 1. The average molecular weight is 345 g/mol. The number of rotatable bonds is 5. The first-order valence-corrected chi connectivity index (χ1v) is 8.21. The minimum absolute atomic E-state index is 0. The lowest BCUT2D eigenvalue weighted by atomic mass is 9.68. The zero-order valence-corrected chi connectivity index (χ0v) is 14.7. The quantitative estimate of drug-likeness (QED) is 0.855. The Morgan fingerprint density at radius 2 is 1.86 bits per heavy atom. The molecule has 3 N–H and O–H groups in total. The standard InChI is InChI=1S/C17H25ClN2O.ClH/c1-13(11-19)12-20-16(21)17(9-3-2-4-10-17)14-5-7-15(18)8-6-14;/h5-8,13H,2-4,9-12,19H2,1H3,(H,20,21);1H. The summed E-state index contributed by atoms with van der Waals surface area (Å²) in [6.07, 6.45) is 5.24. The third kappa shape index (κ3) is 4.37. The van der Waals surface area contributed by atoms with Gasteiger partial charge in [-0.15, -0.1) is 12.4 Å². The third-order valence-corrected chi connectivity index (χ3v) is 4.80. The Balaban J connectivity index is 0.00000242. The van der Waals surface area contributed by atoms with Gasteiger partial charge in [0.2, 0.25) is 5.91 Å². The van der Waals surface area contributed by atoms with Gasteiger partial charge >= 0.3 is 0 Å². The van der Waals surface area contributed by atoms with Crippen LogP contribution in [0.15, 0.2) is 24.3 Å². The number of hydrogen-bond donors (Lipinski definition) is 2. The molecule has 1 aromatic rings. The number of halogens is 2. The van der Waals surface area contributed by atoms with Crippen molar-refractivity contribution in [3.05, 3.63) is 34.9 Å². The molecule has 1 fully saturated rings. The number of hydrogen-bond acceptors (Lipinski definition) is 2. The number of nitrogens with one attached hydrogen (secondary N) is 1. The minimum atomic E-state index is -0.392. The molecule has 5 heteroatoms. The summed E-state index contributed by atoms with van der Waals surface area (Å²) in [5, 5.41) is 3.82. The van der Waals surface area contributed by atoms with E-state index in [1.165, 1.54) is 6.42 Å². The van der Waals surface area contributed by atoms with Gasteiger partial charge < -0.3 is 11.1 Å². The molecule has 0 radical (unpaired) electrons. The molecule has 0 aromatic heterocycles. The predicted molar refractivity (Wildman–Crippen MR) is 94.7 cm³/mol. The normalized spacial score (nSPS) is 18.1. The van der Waals surface area contributed by atoms with Crippen LogP contribution in [0.4, 0.5) is 0 Å². The summed E-state index contributed by atoms with van der Waals surface area (Å²) in [5.41, 5.74) is 6.33. The monoisotopic (exact) mass is 344 g/mol. The van der Waals surface area contributed by atoms with Crippen LogP contribution in [0.5, 0.6) is 0 Å². The Hall–Kier alpha value is -0.770. The van der Waals surface area contributed by atoms with Gasteiger partial charge in [0.15, 0.2) is 0 Å². The van der Waals surface area contributed by atoms with Crippen molar-refractivity contribution < 1.29 is 4.79 Å². The maximum absolute atomic E-state index is 12.8. The van der Waals surface area contributed by atoms with E-state index >= 15 is 0 Å². The smallest absolute Gasteiger partial charge is 0.230 e. The molecule has 0 saturated heterocycles. The van der Waals surface area contributed by atoms with E-state index in [-0.39, 0.29) is 18.3 Å². The van der Waals surface area contributed by atoms with Gasteiger partial charge in [-0.25, -0.2) is 0 Å². The molecule has 0 bridgehead atoms. The largest absolute Gasteiger partial charge is 0.355 e. The van der Waals surface area contributed by atoms with Gasteiger partial charge in [-0.2, -0.15) is 0 Å². The summed E-state index contributed by atoms with van der Waals surface area (Å²) in [5.74, 6) is 0.449. The summed E-state index contributed by atoms with van der Waals surface area (Å²) in [4.78, 5) is 12.8. The number of benzene rings is 1. The summed E-state index contributed by atoms with van der Waals surface area (Å²) < 4.78 is 0. The van der Waals surface area contributed by atoms with Crippen LogP contribution >= 0.6 is 24.0 Å². The zero-order valence-electron chi connectivity index (χ0n) is 13.1. The highest BCUT2D eigenvalue weighted by Crippen LogP contribution is 2.40. The van der Waals surface area contributed by atoms with Crippen molar-refractivity contribution in [1.82, 2.24) is 5.32 Å². The van der Waals surface area contributed by atoms with Gasteiger partial charge in [0.05, 0.1) is 5.41 Å². The fraction of sp³-hybridized carbons (Fsp3) is 0.588. The highest BCUT2D eigenvalue weighted by molar-refractivity contribution is 6.30. The summed E-state index contributed by atoms with van der Waals surface area (Å²) in [7, 11) is 0. The Morgan fingerprint density at radius 3 is 2.41 bits per heavy atom. The van der Waals surface area contributed by atoms with Crippen molar-refractivity contribution in [1.29, 1.82) is 0 Å². The molecule has 1 amide bonds. The second-order valence-electron chi connectivity index (χ2n) is 6.20. The first-order valence-electron chi connectivity index (χ1n) is 7.83. The van der Waals surface area contributed by atoms with Gasteiger partial charge in [-0.05, 0) is 43.0 Å². The average Bonchev–Trinajstić information content (AvgIpc) is 2.53. The van der Waals surface area contributed by atoms with E-state index in [0.29, 0.717) is 24.0 Å². The van der Waals surface area contributed by atoms with Crippen LogP contribution in [0.1, 0.15) is 44.6 Å². The summed E-state index contributed by atoms with van der Waals surface area (Å²) >= 11 is 5.98. The van der Waals surface area contributed by atoms with Gasteiger partial charge in [0.25, 0.3) is 0 Å². The second kappa shape index (κ2) is 8.76. The molecule has 22 heavy (non-hydrogen) atoms. The van der Waals surface area contributed by atoms with Crippen LogP contribution in [0.25, 0.3) is 0 Å². The molecule has 1 unspecified atom stereocenters. The Bertz CT molecular complexity index is 470. The molecule has 0 heterocycles. The number of carbonyl (C=O) groups is 1. The lowest BCUT2D eigenvalue weighted by molar-refractivity contribution is -0.128. The van der Waals surface area contributed by atoms with Crippen molar-refractivity contribution in [2.24, 2.45) is 11.7 Å². The van der Waals surface area contributed by atoms with Crippen LogP contribution in [0.3, 0.4) is 0 Å². The molecule has 0 aliphatic heterocycles. The molecular formula is C17H26Cl2N2O. The van der Waals surface area contributed by atoms with Crippen LogP contribution in [0, 0.1) is 5.92 Å². The predicted octanol–water partition coefficient (Wildman–Crippen LogP) is 3.67. The molecular weight excluding hydrogens is 319 g/mol. The lowest BCUT2D eigenvalue weighted by Gasteiger charge is -2.36. The topological polar surface area (TPSA) is 55.1 Å². The molecule has 1 aromatic carbocycles. The molecule has 0 spiro atoms. The first-order chi connectivity index (χ1) is 10.1. The molecule has 1 aliphatic carbocycles. The van der Waals surface area contributed by atoms with Gasteiger partial charge in [0, 0.05) is 11.6 Å². The summed E-state index contributed by atoms with van der Waals surface area (Å²) in [6, 6.07) is 7.76. The molecule has 1 atom stereocenters. The summed E-state index contributed by atoms with van der Waals surface area (Å²) in [6.45, 7) is 3.29. The highest BCUT2D eigenvalue weighted by atomic mass is 35.5. The van der Waals surface area contributed by atoms with Crippen molar-refractivity contribution in [3.63, 3.8) is 0 Å². The first kappa shape index (κ1) is 19.3. The molecule has 2 rings (SSSR count). The number of carbonyl (C=O) groups excluding carboxylic acids is 1. The molecule has 124 valence electrons. The molecule has 1 saturated carbocycles. The van der Waals surface area contributed by atoms with E-state index in [2.05, 4.69) is 12.2 Å². The van der Waals surface area contributed by atoms with Crippen LogP contribution in [-0.2, 0) is 10.2 Å². The maximum Gasteiger partial charge on any atom is 0.230 e. The van der Waals surface area contributed by atoms with Crippen molar-refractivity contribution in [2.45, 2.75) is 44.4 Å². The molecule has 1 aliphatic rings. The SMILES string of the molecule is CC(CN)CNC(=O)C1(c2ccc(Cl)cc2)CCCCC1.Cl. The zero-order chi connectivity index (χ0) is 15.3. The Labute approximate surface area is 144 Å². The fourth-order valence-corrected chi connectivity index (χ4v) is 3.22. The van der Waals surface area contributed by atoms with E-state index in [0.717, 1.165) is 31.2 Å². The fourth-order valence-electron chi connectivity index (χ4n) is 3.09. The van der Waals surface area contributed by atoms with E-state index in [4.69, 9.17) is 17.3 Å². The van der Waals surface area contributed by atoms with Crippen LogP contribution < -0.4 is 11.1 Å². The van der Waals surface area contributed by atoms with Crippen molar-refractivity contribution >= 4 is 29.9 Å². The van der Waals surface area contributed by atoms with Crippen LogP contribution in [0.2, 0.25) is 5.02 Å². The van der Waals surface area contributed by atoms with E-state index in [9.17, 15) is 4.79 Å². The minimum Gasteiger partial charge on any atom is -0.355 e.